The fourth-order valence-electron chi connectivity index (χ4n) is 4.64. The molecule has 0 N–H and O–H groups in total. The van der Waals surface area contributed by atoms with Crippen LogP contribution >= 0.6 is 0 Å². The number of aromatic nitrogens is 2. The van der Waals surface area contributed by atoms with Gasteiger partial charge in [0, 0.05) is 62.8 Å². The van der Waals surface area contributed by atoms with Crippen LogP contribution in [0.3, 0.4) is 0 Å². The Morgan fingerprint density at radius 2 is 1.76 bits per heavy atom. The summed E-state index contributed by atoms with van der Waals surface area (Å²) >= 11 is 0. The molecule has 34 heavy (non-hydrogen) atoms. The molecular weight excluding hydrogens is 426 g/mol. The van der Waals surface area contributed by atoms with Crippen molar-refractivity contribution in [3.63, 3.8) is 0 Å². The maximum atomic E-state index is 12.9. The lowest BCUT2D eigenvalue weighted by atomic mass is 10.0. The lowest BCUT2D eigenvalue weighted by molar-refractivity contribution is -0.132. The molecule has 0 unspecified atom stereocenters. The zero-order chi connectivity index (χ0) is 23.3. The summed E-state index contributed by atoms with van der Waals surface area (Å²) in [6, 6.07) is 18.3. The van der Waals surface area contributed by atoms with Gasteiger partial charge in [-0.3, -0.25) is 9.69 Å². The number of amides is 1. The topological polar surface area (TPSA) is 53.8 Å². The van der Waals surface area contributed by atoms with Gasteiger partial charge in [-0.1, -0.05) is 30.3 Å². The fourth-order valence-corrected chi connectivity index (χ4v) is 4.64. The van der Waals surface area contributed by atoms with Crippen LogP contribution in [0.5, 0.6) is 5.75 Å². The van der Waals surface area contributed by atoms with E-state index in [0.717, 1.165) is 68.4 Å². The number of piperazine rings is 1. The Labute approximate surface area is 200 Å². The number of ether oxygens (including phenoxy) is 1. The second kappa shape index (κ2) is 10.1. The maximum absolute atomic E-state index is 12.9. The lowest BCUT2D eigenvalue weighted by Crippen LogP contribution is -2.51. The molecule has 0 spiro atoms. The molecule has 2 aliphatic heterocycles. The van der Waals surface area contributed by atoms with E-state index in [2.05, 4.69) is 51.4 Å². The molecule has 0 aliphatic carbocycles. The summed E-state index contributed by atoms with van der Waals surface area (Å²) < 4.78 is 7.25. The van der Waals surface area contributed by atoms with E-state index in [1.165, 1.54) is 5.57 Å². The number of nitrogens with zero attached hydrogens (tertiary/aromatic N) is 5. The second-order valence-corrected chi connectivity index (χ2v) is 8.79. The van der Waals surface area contributed by atoms with Crippen molar-refractivity contribution in [1.82, 2.24) is 19.6 Å². The Morgan fingerprint density at radius 1 is 0.971 bits per heavy atom. The summed E-state index contributed by atoms with van der Waals surface area (Å²) in [5.74, 6) is 1.08. The summed E-state index contributed by atoms with van der Waals surface area (Å²) in [5, 5.41) is 4.52. The minimum Gasteiger partial charge on any atom is -0.497 e. The number of benzene rings is 2. The third-order valence-corrected chi connectivity index (χ3v) is 6.68. The first-order valence-electron chi connectivity index (χ1n) is 11.9. The highest BCUT2D eigenvalue weighted by atomic mass is 16.5. The Bertz CT molecular complexity index is 1150. The number of anilines is 1. The van der Waals surface area contributed by atoms with Crippen LogP contribution < -0.4 is 9.64 Å². The molecule has 1 amide bonds. The average Bonchev–Trinajstić information content (AvgIpc) is 3.40. The van der Waals surface area contributed by atoms with E-state index in [4.69, 9.17) is 4.74 Å². The third-order valence-electron chi connectivity index (χ3n) is 6.68. The molecule has 7 nitrogen and oxygen atoms in total. The number of methoxy groups -OCH3 is 1. The Kier molecular flexibility index (Phi) is 6.62. The third kappa shape index (κ3) is 4.99. The number of hydrogen-bond acceptors (Lipinski definition) is 5. The van der Waals surface area contributed by atoms with Crippen LogP contribution in [0.4, 0.5) is 5.69 Å². The molecule has 0 bridgehead atoms. The largest absolute Gasteiger partial charge is 0.497 e. The van der Waals surface area contributed by atoms with Crippen molar-refractivity contribution in [3.05, 3.63) is 78.6 Å². The van der Waals surface area contributed by atoms with E-state index in [0.29, 0.717) is 6.54 Å². The van der Waals surface area contributed by atoms with E-state index < -0.39 is 0 Å². The van der Waals surface area contributed by atoms with E-state index >= 15 is 0 Å². The maximum Gasteiger partial charge on any atom is 0.236 e. The van der Waals surface area contributed by atoms with Gasteiger partial charge in [-0.25, -0.2) is 4.68 Å². The number of para-hydroxylation sites is 1. The van der Waals surface area contributed by atoms with Crippen molar-refractivity contribution in [2.45, 2.75) is 6.42 Å². The highest BCUT2D eigenvalue weighted by Crippen LogP contribution is 2.24. The van der Waals surface area contributed by atoms with Crippen LogP contribution in [0.25, 0.3) is 11.3 Å². The number of rotatable bonds is 6. The van der Waals surface area contributed by atoms with Crippen LogP contribution in [-0.2, 0) is 4.79 Å². The number of carbonyl (C=O) groups is 1. The van der Waals surface area contributed by atoms with Crippen LogP contribution in [0.1, 0.15) is 12.0 Å². The van der Waals surface area contributed by atoms with E-state index in [1.807, 2.05) is 46.1 Å². The molecule has 3 heterocycles. The van der Waals surface area contributed by atoms with Crippen molar-refractivity contribution >= 4 is 17.2 Å². The highest BCUT2D eigenvalue weighted by Gasteiger charge is 2.24. The van der Waals surface area contributed by atoms with Gasteiger partial charge in [0.25, 0.3) is 0 Å². The summed E-state index contributed by atoms with van der Waals surface area (Å²) in [5.41, 5.74) is 4.67. The van der Waals surface area contributed by atoms with Crippen molar-refractivity contribution in [3.8, 4) is 11.4 Å². The minimum atomic E-state index is 0.221. The quantitative estimate of drug-likeness (QED) is 0.569. The van der Waals surface area contributed by atoms with Gasteiger partial charge in [0.2, 0.25) is 5.91 Å². The Balaban J connectivity index is 1.12. The van der Waals surface area contributed by atoms with E-state index in [1.54, 1.807) is 7.11 Å². The highest BCUT2D eigenvalue weighted by molar-refractivity contribution is 5.79. The SMILES string of the molecule is COc1cccc(N2CCN(C(=O)CN3CC=C(c4cnn(-c5ccccc5)c4)CC3)CC2)c1. The van der Waals surface area contributed by atoms with Gasteiger partial charge in [-0.05, 0) is 36.3 Å². The molecule has 7 heteroatoms. The van der Waals surface area contributed by atoms with Gasteiger partial charge in [-0.15, -0.1) is 0 Å². The molecule has 0 saturated carbocycles. The summed E-state index contributed by atoms with van der Waals surface area (Å²) in [4.78, 5) is 19.5. The molecule has 2 aromatic carbocycles. The van der Waals surface area contributed by atoms with E-state index in [-0.39, 0.29) is 5.91 Å². The normalized spacial score (nSPS) is 16.9. The van der Waals surface area contributed by atoms with Crippen LogP contribution in [0.15, 0.2) is 73.1 Å². The Hall–Kier alpha value is -3.58. The first kappa shape index (κ1) is 22.2. The first-order chi connectivity index (χ1) is 16.7. The minimum absolute atomic E-state index is 0.221. The molecule has 0 atom stereocenters. The molecule has 2 aliphatic rings. The smallest absolute Gasteiger partial charge is 0.236 e. The summed E-state index contributed by atoms with van der Waals surface area (Å²) in [6.45, 7) is 5.35. The molecule has 1 fully saturated rings. The zero-order valence-corrected chi connectivity index (χ0v) is 19.6. The fraction of sp³-hybridized carbons (Fsp3) is 0.333. The molecule has 5 rings (SSSR count). The predicted octanol–water partition coefficient (Wildman–Crippen LogP) is 3.32. The lowest BCUT2D eigenvalue weighted by Gasteiger charge is -2.37. The molecule has 1 aromatic heterocycles. The van der Waals surface area contributed by atoms with Crippen LogP contribution in [-0.4, -0.2) is 78.4 Å². The van der Waals surface area contributed by atoms with Gasteiger partial charge in [-0.2, -0.15) is 5.10 Å². The van der Waals surface area contributed by atoms with Crippen molar-refractivity contribution in [2.75, 3.05) is 57.8 Å². The molecular formula is C27H31N5O2. The summed E-state index contributed by atoms with van der Waals surface area (Å²) in [6.07, 6.45) is 7.19. The summed E-state index contributed by atoms with van der Waals surface area (Å²) in [7, 11) is 1.69. The molecule has 1 saturated heterocycles. The standard InChI is InChI=1S/C27H31N5O2/c1-34-26-9-5-8-25(18-26)30-14-16-31(17-15-30)27(33)21-29-12-10-22(11-13-29)23-19-28-32(20-23)24-6-3-2-4-7-24/h2-10,18-20H,11-17,21H2,1H3. The van der Waals surface area contributed by atoms with Gasteiger partial charge in [0.1, 0.15) is 5.75 Å². The number of hydrogen-bond donors (Lipinski definition) is 0. The monoisotopic (exact) mass is 457 g/mol. The van der Waals surface area contributed by atoms with Gasteiger partial charge < -0.3 is 14.5 Å². The van der Waals surface area contributed by atoms with Gasteiger partial charge >= 0.3 is 0 Å². The first-order valence-corrected chi connectivity index (χ1v) is 11.9. The van der Waals surface area contributed by atoms with Crippen molar-refractivity contribution in [2.24, 2.45) is 0 Å². The van der Waals surface area contributed by atoms with Gasteiger partial charge in [0.05, 0.1) is 25.5 Å². The van der Waals surface area contributed by atoms with Crippen molar-refractivity contribution < 1.29 is 9.53 Å². The zero-order valence-electron chi connectivity index (χ0n) is 19.6. The van der Waals surface area contributed by atoms with E-state index in [9.17, 15) is 4.79 Å². The average molecular weight is 458 g/mol. The van der Waals surface area contributed by atoms with Crippen LogP contribution in [0, 0.1) is 0 Å². The Morgan fingerprint density at radius 3 is 2.50 bits per heavy atom. The number of carbonyl (C=O) groups excluding carboxylic acids is 1. The molecule has 0 radical (unpaired) electrons. The molecule has 3 aromatic rings. The van der Waals surface area contributed by atoms with Crippen molar-refractivity contribution in [1.29, 1.82) is 0 Å². The van der Waals surface area contributed by atoms with Gasteiger partial charge in [0.15, 0.2) is 0 Å². The predicted molar refractivity (Wildman–Crippen MR) is 134 cm³/mol. The van der Waals surface area contributed by atoms with Crippen LogP contribution in [0.2, 0.25) is 0 Å². The second-order valence-electron chi connectivity index (χ2n) is 8.79. The molecule has 176 valence electrons.